The minimum atomic E-state index is -0.657. The average molecular weight is 336 g/mol. The third-order valence-electron chi connectivity index (χ3n) is 4.64. The predicted octanol–water partition coefficient (Wildman–Crippen LogP) is 2.48. The number of carbonyl (C=O) groups is 2. The quantitative estimate of drug-likeness (QED) is 0.804. The minimum absolute atomic E-state index is 0.0166. The van der Waals surface area contributed by atoms with Crippen LogP contribution in [0.15, 0.2) is 18.2 Å². The summed E-state index contributed by atoms with van der Waals surface area (Å²) in [6.45, 7) is 4.63. The second kappa shape index (κ2) is 8.24. The molecule has 1 aromatic carbocycles. The first kappa shape index (κ1) is 18.4. The maximum absolute atomic E-state index is 14.0. The first-order valence-electron chi connectivity index (χ1n) is 8.54. The molecule has 132 valence electrons. The van der Waals surface area contributed by atoms with E-state index in [1.807, 2.05) is 13.8 Å². The first-order chi connectivity index (χ1) is 11.5. The van der Waals surface area contributed by atoms with E-state index in [2.05, 4.69) is 5.32 Å². The summed E-state index contributed by atoms with van der Waals surface area (Å²) < 4.78 is 14.0. The van der Waals surface area contributed by atoms with Crippen molar-refractivity contribution in [2.75, 3.05) is 18.0 Å². The Hall–Kier alpha value is -1.95. The van der Waals surface area contributed by atoms with Crippen LogP contribution in [0.3, 0.4) is 0 Å². The van der Waals surface area contributed by atoms with Gasteiger partial charge in [0.25, 0.3) is 5.91 Å². The molecule has 1 atom stereocenters. The van der Waals surface area contributed by atoms with Gasteiger partial charge in [-0.15, -0.1) is 0 Å². The second-order valence-corrected chi connectivity index (χ2v) is 6.17. The third kappa shape index (κ3) is 4.12. The van der Waals surface area contributed by atoms with Gasteiger partial charge in [-0.1, -0.05) is 26.7 Å². The molecule has 0 saturated carbocycles. The van der Waals surface area contributed by atoms with Crippen molar-refractivity contribution in [1.29, 1.82) is 0 Å². The lowest BCUT2D eigenvalue weighted by molar-refractivity contribution is -0.117. The van der Waals surface area contributed by atoms with Gasteiger partial charge in [-0.05, 0) is 30.5 Å². The zero-order valence-electron chi connectivity index (χ0n) is 14.2. The van der Waals surface area contributed by atoms with Crippen LogP contribution in [0.2, 0.25) is 0 Å². The fourth-order valence-corrected chi connectivity index (χ4v) is 3.07. The number of carbonyl (C=O) groups excluding carboxylic acids is 2. The van der Waals surface area contributed by atoms with Crippen LogP contribution < -0.4 is 10.2 Å². The highest BCUT2D eigenvalue weighted by Gasteiger charge is 2.24. The zero-order chi connectivity index (χ0) is 17.7. The van der Waals surface area contributed by atoms with Gasteiger partial charge in [0.1, 0.15) is 5.82 Å². The predicted molar refractivity (Wildman–Crippen MR) is 90.4 cm³/mol. The van der Waals surface area contributed by atoms with E-state index in [1.54, 1.807) is 4.90 Å². The van der Waals surface area contributed by atoms with Gasteiger partial charge < -0.3 is 15.3 Å². The Bertz CT molecular complexity index is 602. The van der Waals surface area contributed by atoms with Crippen molar-refractivity contribution in [3.8, 4) is 0 Å². The zero-order valence-corrected chi connectivity index (χ0v) is 14.2. The summed E-state index contributed by atoms with van der Waals surface area (Å²) in [6.07, 6.45) is 2.21. The van der Waals surface area contributed by atoms with Crippen molar-refractivity contribution in [2.24, 2.45) is 5.92 Å². The molecule has 1 aliphatic rings. The highest BCUT2D eigenvalue weighted by molar-refractivity contribution is 5.99. The molecule has 1 unspecified atom stereocenters. The summed E-state index contributed by atoms with van der Waals surface area (Å²) in [5.41, 5.74) is 0.425. The van der Waals surface area contributed by atoms with E-state index < -0.39 is 17.8 Å². The smallest absolute Gasteiger partial charge is 0.254 e. The van der Waals surface area contributed by atoms with E-state index in [9.17, 15) is 19.1 Å². The van der Waals surface area contributed by atoms with Crippen LogP contribution in [-0.2, 0) is 4.79 Å². The summed E-state index contributed by atoms with van der Waals surface area (Å²) in [6, 6.07) is 4.11. The number of benzene rings is 1. The van der Waals surface area contributed by atoms with Crippen LogP contribution in [0, 0.1) is 11.7 Å². The molecule has 0 bridgehead atoms. The van der Waals surface area contributed by atoms with Gasteiger partial charge in [0.05, 0.1) is 11.7 Å². The van der Waals surface area contributed by atoms with E-state index in [0.29, 0.717) is 18.7 Å². The molecule has 1 aromatic rings. The molecule has 2 rings (SSSR count). The van der Waals surface area contributed by atoms with Gasteiger partial charge in [-0.25, -0.2) is 4.39 Å². The molecule has 5 nitrogen and oxygen atoms in total. The number of rotatable bonds is 7. The first-order valence-corrected chi connectivity index (χ1v) is 8.54. The van der Waals surface area contributed by atoms with Crippen molar-refractivity contribution < 1.29 is 19.1 Å². The monoisotopic (exact) mass is 336 g/mol. The van der Waals surface area contributed by atoms with Crippen LogP contribution in [0.1, 0.15) is 49.9 Å². The maximum atomic E-state index is 14.0. The molecular formula is C18H25FN2O3. The van der Waals surface area contributed by atoms with Gasteiger partial charge >= 0.3 is 0 Å². The van der Waals surface area contributed by atoms with Crippen LogP contribution in [0.4, 0.5) is 10.1 Å². The number of hydrogen-bond acceptors (Lipinski definition) is 3. The van der Waals surface area contributed by atoms with Crippen LogP contribution in [0.5, 0.6) is 0 Å². The number of nitrogens with one attached hydrogen (secondary N) is 1. The van der Waals surface area contributed by atoms with Crippen LogP contribution >= 0.6 is 0 Å². The highest BCUT2D eigenvalue weighted by atomic mass is 19.1. The molecule has 24 heavy (non-hydrogen) atoms. The molecule has 1 aliphatic heterocycles. The Morgan fingerprint density at radius 3 is 2.67 bits per heavy atom. The van der Waals surface area contributed by atoms with Gasteiger partial charge in [0.15, 0.2) is 0 Å². The SMILES string of the molecule is CCC(CC)C(O)CNC(=O)c1cc(N2CCCC2=O)ccc1F. The number of aliphatic hydroxyl groups is 1. The van der Waals surface area contributed by atoms with Crippen molar-refractivity contribution in [2.45, 2.75) is 45.6 Å². The molecule has 0 aliphatic carbocycles. The summed E-state index contributed by atoms with van der Waals surface area (Å²) in [5, 5.41) is 12.7. The van der Waals surface area contributed by atoms with E-state index in [-0.39, 0.29) is 23.9 Å². The van der Waals surface area contributed by atoms with Crippen molar-refractivity contribution in [1.82, 2.24) is 5.32 Å². The fourth-order valence-electron chi connectivity index (χ4n) is 3.07. The highest BCUT2D eigenvalue weighted by Crippen LogP contribution is 2.24. The van der Waals surface area contributed by atoms with Crippen molar-refractivity contribution >= 4 is 17.5 Å². The Labute approximate surface area is 141 Å². The van der Waals surface area contributed by atoms with Crippen LogP contribution in [0.25, 0.3) is 0 Å². The lowest BCUT2D eigenvalue weighted by atomic mass is 9.96. The normalized spacial score (nSPS) is 15.9. The number of aliphatic hydroxyl groups excluding tert-OH is 1. The molecule has 1 saturated heterocycles. The molecule has 2 N–H and O–H groups in total. The Balaban J connectivity index is 2.07. The van der Waals surface area contributed by atoms with E-state index in [1.165, 1.54) is 18.2 Å². The number of halogens is 1. The summed E-state index contributed by atoms with van der Waals surface area (Å²) in [4.78, 5) is 25.6. The molecule has 0 aromatic heterocycles. The Kier molecular flexibility index (Phi) is 6.31. The molecule has 1 fully saturated rings. The maximum Gasteiger partial charge on any atom is 0.254 e. The largest absolute Gasteiger partial charge is 0.391 e. The van der Waals surface area contributed by atoms with E-state index in [4.69, 9.17) is 0 Å². The van der Waals surface area contributed by atoms with Crippen LogP contribution in [-0.4, -0.2) is 36.1 Å². The van der Waals surface area contributed by atoms with Gasteiger partial charge in [-0.3, -0.25) is 9.59 Å². The molecule has 2 amide bonds. The van der Waals surface area contributed by atoms with E-state index >= 15 is 0 Å². The number of amides is 2. The second-order valence-electron chi connectivity index (χ2n) is 6.17. The Morgan fingerprint density at radius 2 is 2.08 bits per heavy atom. The molecular weight excluding hydrogens is 311 g/mol. The van der Waals surface area contributed by atoms with Crippen molar-refractivity contribution in [3.63, 3.8) is 0 Å². The van der Waals surface area contributed by atoms with Gasteiger partial charge in [0, 0.05) is 25.2 Å². The minimum Gasteiger partial charge on any atom is -0.391 e. The summed E-state index contributed by atoms with van der Waals surface area (Å²) in [7, 11) is 0. The number of hydrogen-bond donors (Lipinski definition) is 2. The van der Waals surface area contributed by atoms with Crippen molar-refractivity contribution in [3.05, 3.63) is 29.6 Å². The molecule has 1 heterocycles. The fraction of sp³-hybridized carbons (Fsp3) is 0.556. The molecule has 6 heteroatoms. The standard InChI is InChI=1S/C18H25FN2O3/c1-3-12(4-2)16(22)11-20-18(24)14-10-13(7-8-15(14)19)21-9-5-6-17(21)23/h7-8,10,12,16,22H,3-6,9,11H2,1-2H3,(H,20,24). The topological polar surface area (TPSA) is 69.6 Å². The average Bonchev–Trinajstić information content (AvgIpc) is 3.00. The number of anilines is 1. The molecule has 0 radical (unpaired) electrons. The Morgan fingerprint density at radius 1 is 1.38 bits per heavy atom. The molecule has 0 spiro atoms. The van der Waals surface area contributed by atoms with Gasteiger partial charge in [0.2, 0.25) is 5.91 Å². The van der Waals surface area contributed by atoms with E-state index in [0.717, 1.165) is 19.3 Å². The third-order valence-corrected chi connectivity index (χ3v) is 4.64. The lowest BCUT2D eigenvalue weighted by Crippen LogP contribution is -2.36. The summed E-state index contributed by atoms with van der Waals surface area (Å²) in [5.74, 6) is -1.13. The van der Waals surface area contributed by atoms with Gasteiger partial charge in [-0.2, -0.15) is 0 Å². The lowest BCUT2D eigenvalue weighted by Gasteiger charge is -2.21. The summed E-state index contributed by atoms with van der Waals surface area (Å²) >= 11 is 0. The number of nitrogens with zero attached hydrogens (tertiary/aromatic N) is 1.